The summed E-state index contributed by atoms with van der Waals surface area (Å²) in [5, 5.41) is 0. The SMILES string of the molecule is COc1cccc2c1C1(CCN(c3ncccc3C(=O)N3C[C@H]4CC[C@@H]3C4)CC1)OCC2. The molecule has 4 aliphatic rings. The van der Waals surface area contributed by atoms with Crippen molar-refractivity contribution >= 4 is 11.7 Å². The van der Waals surface area contributed by atoms with E-state index in [1.807, 2.05) is 24.4 Å². The number of rotatable bonds is 3. The van der Waals surface area contributed by atoms with Crippen LogP contribution in [0.3, 0.4) is 0 Å². The van der Waals surface area contributed by atoms with Gasteiger partial charge in [-0.1, -0.05) is 12.1 Å². The lowest BCUT2D eigenvalue weighted by Gasteiger charge is -2.46. The Morgan fingerprint density at radius 3 is 2.81 bits per heavy atom. The number of carbonyl (C=O) groups is 1. The van der Waals surface area contributed by atoms with Crippen molar-refractivity contribution in [2.24, 2.45) is 5.92 Å². The maximum atomic E-state index is 13.5. The average Bonchev–Trinajstić information content (AvgIpc) is 3.48. The number of hydrogen-bond acceptors (Lipinski definition) is 5. The van der Waals surface area contributed by atoms with Crippen LogP contribution in [0.1, 0.15) is 53.6 Å². The third-order valence-electron chi connectivity index (χ3n) is 8.10. The molecule has 168 valence electrons. The molecule has 1 spiro atoms. The zero-order valence-corrected chi connectivity index (χ0v) is 18.8. The van der Waals surface area contributed by atoms with E-state index in [4.69, 9.17) is 9.47 Å². The van der Waals surface area contributed by atoms with E-state index in [9.17, 15) is 4.79 Å². The Bertz CT molecular complexity index is 1020. The lowest BCUT2D eigenvalue weighted by atomic mass is 9.78. The number of piperidine rings is 2. The molecular formula is C26H31N3O3. The molecular weight excluding hydrogens is 402 g/mol. The van der Waals surface area contributed by atoms with Gasteiger partial charge in [0.25, 0.3) is 5.91 Å². The van der Waals surface area contributed by atoms with Crippen LogP contribution in [0.15, 0.2) is 36.5 Å². The fourth-order valence-electron chi connectivity index (χ4n) is 6.52. The maximum Gasteiger partial charge on any atom is 0.257 e. The summed E-state index contributed by atoms with van der Waals surface area (Å²) >= 11 is 0. The number of hydrogen-bond donors (Lipinski definition) is 0. The summed E-state index contributed by atoms with van der Waals surface area (Å²) in [6, 6.07) is 10.6. The summed E-state index contributed by atoms with van der Waals surface area (Å²) in [6.45, 7) is 3.26. The van der Waals surface area contributed by atoms with Crippen molar-refractivity contribution in [3.63, 3.8) is 0 Å². The molecule has 4 heterocycles. The van der Waals surface area contributed by atoms with Gasteiger partial charge in [0.1, 0.15) is 17.2 Å². The second kappa shape index (κ2) is 7.77. The molecule has 6 heteroatoms. The van der Waals surface area contributed by atoms with E-state index in [0.29, 0.717) is 12.0 Å². The van der Waals surface area contributed by atoms with E-state index >= 15 is 0 Å². The van der Waals surface area contributed by atoms with Crippen LogP contribution in [0.2, 0.25) is 0 Å². The number of likely N-dealkylation sites (tertiary alicyclic amines) is 1. The second-order valence-electron chi connectivity index (χ2n) is 9.74. The van der Waals surface area contributed by atoms with Gasteiger partial charge in [0.2, 0.25) is 0 Å². The lowest BCUT2D eigenvalue weighted by Crippen LogP contribution is -2.47. The summed E-state index contributed by atoms with van der Waals surface area (Å²) in [6.07, 6.45) is 8.05. The second-order valence-corrected chi connectivity index (χ2v) is 9.74. The van der Waals surface area contributed by atoms with Gasteiger partial charge < -0.3 is 19.3 Å². The van der Waals surface area contributed by atoms with E-state index in [2.05, 4.69) is 26.9 Å². The minimum Gasteiger partial charge on any atom is -0.496 e. The summed E-state index contributed by atoms with van der Waals surface area (Å²) in [7, 11) is 1.74. The third-order valence-corrected chi connectivity index (χ3v) is 8.10. The predicted molar refractivity (Wildman–Crippen MR) is 122 cm³/mol. The molecule has 0 N–H and O–H groups in total. The Balaban J connectivity index is 1.25. The van der Waals surface area contributed by atoms with Gasteiger partial charge in [0.05, 0.1) is 19.3 Å². The standard InChI is InChI=1S/C26H31N3O3/c1-31-22-6-2-4-19-9-15-32-26(23(19)22)10-13-28(14-11-26)24-21(5-3-12-27-24)25(30)29-17-18-7-8-20(29)16-18/h2-6,12,18,20H,7-11,13-17H2,1H3/t18-,20+/m0/s1. The molecule has 1 aromatic carbocycles. The average molecular weight is 434 g/mol. The van der Waals surface area contributed by atoms with Crippen molar-refractivity contribution in [2.75, 3.05) is 38.3 Å². The Hall–Kier alpha value is -2.60. The zero-order chi connectivity index (χ0) is 21.7. The monoisotopic (exact) mass is 433 g/mol. The molecule has 3 aliphatic heterocycles. The van der Waals surface area contributed by atoms with E-state index in [-0.39, 0.29) is 11.5 Å². The molecule has 2 aromatic rings. The Morgan fingerprint density at radius 1 is 1.19 bits per heavy atom. The predicted octanol–water partition coefficient (Wildman–Crippen LogP) is 3.78. The van der Waals surface area contributed by atoms with Gasteiger partial charge in [0.15, 0.2) is 0 Å². The number of fused-ring (bicyclic) bond motifs is 4. The molecule has 2 saturated heterocycles. The molecule has 2 bridgehead atoms. The van der Waals surface area contributed by atoms with Crippen LogP contribution in [0, 0.1) is 5.92 Å². The molecule has 0 radical (unpaired) electrons. The minimum absolute atomic E-state index is 0.154. The third kappa shape index (κ3) is 3.11. The fraction of sp³-hybridized carbons (Fsp3) is 0.538. The van der Waals surface area contributed by atoms with Crippen molar-refractivity contribution in [2.45, 2.75) is 50.2 Å². The van der Waals surface area contributed by atoms with Gasteiger partial charge in [-0.25, -0.2) is 4.98 Å². The van der Waals surface area contributed by atoms with E-state index in [1.165, 1.54) is 24.0 Å². The largest absolute Gasteiger partial charge is 0.496 e. The first-order valence-corrected chi connectivity index (χ1v) is 12.0. The smallest absolute Gasteiger partial charge is 0.257 e. The molecule has 0 unspecified atom stereocenters. The zero-order valence-electron chi connectivity index (χ0n) is 18.8. The van der Waals surface area contributed by atoms with Crippen LogP contribution in [-0.2, 0) is 16.8 Å². The number of pyridine rings is 1. The number of amides is 1. The quantitative estimate of drug-likeness (QED) is 0.737. The molecule has 3 fully saturated rings. The molecule has 1 aromatic heterocycles. The summed E-state index contributed by atoms with van der Waals surface area (Å²) < 4.78 is 12.2. The Labute approximate surface area is 189 Å². The van der Waals surface area contributed by atoms with Crippen LogP contribution < -0.4 is 9.64 Å². The number of nitrogens with zero attached hydrogens (tertiary/aromatic N) is 3. The van der Waals surface area contributed by atoms with E-state index in [0.717, 1.165) is 69.1 Å². The molecule has 6 nitrogen and oxygen atoms in total. The van der Waals surface area contributed by atoms with Crippen LogP contribution in [0.25, 0.3) is 0 Å². The highest BCUT2D eigenvalue weighted by Crippen LogP contribution is 2.46. The van der Waals surface area contributed by atoms with Crippen LogP contribution in [0.5, 0.6) is 5.75 Å². The van der Waals surface area contributed by atoms with Crippen LogP contribution in [-0.4, -0.2) is 55.2 Å². The first-order chi connectivity index (χ1) is 15.7. The number of carbonyl (C=O) groups excluding carboxylic acids is 1. The summed E-state index contributed by atoms with van der Waals surface area (Å²) in [4.78, 5) is 22.5. The summed E-state index contributed by atoms with van der Waals surface area (Å²) in [5.74, 6) is 2.60. The number of aromatic nitrogens is 1. The molecule has 1 saturated carbocycles. The van der Waals surface area contributed by atoms with Crippen LogP contribution >= 0.6 is 0 Å². The van der Waals surface area contributed by atoms with Gasteiger partial charge in [-0.3, -0.25) is 4.79 Å². The number of benzene rings is 1. The van der Waals surface area contributed by atoms with Gasteiger partial charge >= 0.3 is 0 Å². The maximum absolute atomic E-state index is 13.5. The van der Waals surface area contributed by atoms with Gasteiger partial charge in [-0.05, 0) is 68.2 Å². The van der Waals surface area contributed by atoms with E-state index in [1.54, 1.807) is 7.11 Å². The van der Waals surface area contributed by atoms with Crippen molar-refractivity contribution in [1.29, 1.82) is 0 Å². The number of anilines is 1. The molecule has 1 amide bonds. The highest BCUT2D eigenvalue weighted by Gasteiger charge is 2.44. The van der Waals surface area contributed by atoms with Crippen molar-refractivity contribution < 1.29 is 14.3 Å². The number of ether oxygens (including phenoxy) is 2. The molecule has 6 rings (SSSR count). The molecule has 2 atom stereocenters. The first-order valence-electron chi connectivity index (χ1n) is 12.0. The van der Waals surface area contributed by atoms with Gasteiger partial charge in [-0.2, -0.15) is 0 Å². The van der Waals surface area contributed by atoms with Gasteiger partial charge in [0, 0.05) is 37.4 Å². The molecule has 1 aliphatic carbocycles. The van der Waals surface area contributed by atoms with E-state index < -0.39 is 0 Å². The first kappa shape index (κ1) is 20.0. The van der Waals surface area contributed by atoms with Crippen LogP contribution in [0.4, 0.5) is 5.82 Å². The highest BCUT2D eigenvalue weighted by molar-refractivity contribution is 5.99. The fourth-order valence-corrected chi connectivity index (χ4v) is 6.52. The molecule has 32 heavy (non-hydrogen) atoms. The lowest BCUT2D eigenvalue weighted by molar-refractivity contribution is -0.0780. The van der Waals surface area contributed by atoms with Crippen molar-refractivity contribution in [3.05, 3.63) is 53.2 Å². The summed E-state index contributed by atoms with van der Waals surface area (Å²) in [5.41, 5.74) is 2.99. The van der Waals surface area contributed by atoms with Crippen molar-refractivity contribution in [1.82, 2.24) is 9.88 Å². The highest BCUT2D eigenvalue weighted by atomic mass is 16.5. The topological polar surface area (TPSA) is 54.9 Å². The number of methoxy groups -OCH3 is 1. The minimum atomic E-state index is -0.316. The normalized spacial score (nSPS) is 25.8. The Kier molecular flexibility index (Phi) is 4.86. The Morgan fingerprint density at radius 2 is 2.06 bits per heavy atom. The van der Waals surface area contributed by atoms with Gasteiger partial charge in [-0.15, -0.1) is 0 Å². The van der Waals surface area contributed by atoms with Crippen molar-refractivity contribution in [3.8, 4) is 5.75 Å².